The van der Waals surface area contributed by atoms with Gasteiger partial charge in [0, 0.05) is 0 Å². The van der Waals surface area contributed by atoms with Crippen molar-refractivity contribution in [2.24, 2.45) is 0 Å². The first-order chi connectivity index (χ1) is 3.46. The quantitative estimate of drug-likeness (QED) is 0.339. The summed E-state index contributed by atoms with van der Waals surface area (Å²) in [5.41, 5.74) is 0. The molecule has 6 nitrogen and oxygen atoms in total. The van der Waals surface area contributed by atoms with Crippen molar-refractivity contribution in [1.29, 1.82) is 0 Å². The van der Waals surface area contributed by atoms with Gasteiger partial charge in [-0.05, 0) is 0 Å². The van der Waals surface area contributed by atoms with Crippen molar-refractivity contribution < 1.29 is 30.0 Å². The number of carboxylic acid groups (broad SMARTS) is 4. The van der Waals surface area contributed by atoms with Gasteiger partial charge in [-0.25, -0.2) is 9.59 Å². The predicted octanol–water partition coefficient (Wildman–Crippen LogP) is -0.204. The van der Waals surface area contributed by atoms with Crippen LogP contribution in [0, 0.1) is 0 Å². The molecule has 0 bridgehead atoms. The van der Waals surface area contributed by atoms with E-state index in [4.69, 9.17) is 30.0 Å². The monoisotopic (exact) mass is 132 g/mol. The Labute approximate surface area is 61.9 Å². The van der Waals surface area contributed by atoms with Crippen molar-refractivity contribution >= 4 is 31.2 Å². The molecule has 0 aliphatic carbocycles. The van der Waals surface area contributed by atoms with Crippen LogP contribution in [-0.2, 0) is 0 Å². The van der Waals surface area contributed by atoms with Gasteiger partial charge >= 0.3 is 31.2 Å². The number of carbonyl (C=O) groups is 2. The molecule has 0 spiro atoms. The Kier molecular flexibility index (Phi) is 17.8. The fourth-order valence-electron chi connectivity index (χ4n) is 0. The third kappa shape index (κ3) is 253. The number of rotatable bonds is 0. The molecule has 0 saturated heterocycles. The van der Waals surface area contributed by atoms with Crippen molar-refractivity contribution in [3.8, 4) is 0 Å². The van der Waals surface area contributed by atoms with E-state index in [1.807, 2.05) is 0 Å². The Morgan fingerprint density at radius 2 is 0.778 bits per heavy atom. The molecule has 0 atom stereocenters. The molecule has 0 radical (unpaired) electrons. The van der Waals surface area contributed by atoms with Crippen molar-refractivity contribution in [2.75, 3.05) is 0 Å². The van der Waals surface area contributed by atoms with E-state index < -0.39 is 12.3 Å². The van der Waals surface area contributed by atoms with Crippen LogP contribution in [-0.4, -0.2) is 51.6 Å². The average molecular weight is 132 g/mol. The van der Waals surface area contributed by atoms with Gasteiger partial charge in [-0.2, -0.15) is 0 Å². The molecule has 9 heavy (non-hydrogen) atoms. The standard InChI is InChI=1S/2CH2O3.Li.H/c2*2-1(3)4;;/h2*(H2,2,3,4);;. The van der Waals surface area contributed by atoms with Crippen LogP contribution in [0.5, 0.6) is 0 Å². The van der Waals surface area contributed by atoms with Crippen LogP contribution in [0.4, 0.5) is 9.59 Å². The summed E-state index contributed by atoms with van der Waals surface area (Å²) in [7, 11) is 0. The SMILES string of the molecule is O=C(O)O.O=C(O)O.[LiH]. The predicted molar refractivity (Wildman–Crippen MR) is 28.5 cm³/mol. The first-order valence-corrected chi connectivity index (χ1v) is 1.30. The average Bonchev–Trinajstić information content (AvgIpc) is 1.25. The maximum atomic E-state index is 8.56. The Morgan fingerprint density at radius 3 is 0.778 bits per heavy atom. The van der Waals surface area contributed by atoms with Gasteiger partial charge in [-0.1, -0.05) is 0 Å². The van der Waals surface area contributed by atoms with E-state index in [9.17, 15) is 0 Å². The molecule has 50 valence electrons. The van der Waals surface area contributed by atoms with E-state index in [0.29, 0.717) is 0 Å². The van der Waals surface area contributed by atoms with Gasteiger partial charge in [-0.15, -0.1) is 0 Å². The van der Waals surface area contributed by atoms with E-state index in [1.54, 1.807) is 0 Å². The van der Waals surface area contributed by atoms with Gasteiger partial charge < -0.3 is 20.4 Å². The Morgan fingerprint density at radius 1 is 0.778 bits per heavy atom. The van der Waals surface area contributed by atoms with Gasteiger partial charge in [0.1, 0.15) is 0 Å². The molecule has 0 unspecified atom stereocenters. The summed E-state index contributed by atoms with van der Waals surface area (Å²) >= 11 is 0. The van der Waals surface area contributed by atoms with Gasteiger partial charge in [0.25, 0.3) is 0 Å². The van der Waals surface area contributed by atoms with Gasteiger partial charge in [-0.3, -0.25) is 0 Å². The summed E-state index contributed by atoms with van der Waals surface area (Å²) in [6.45, 7) is 0. The third-order valence-electron chi connectivity index (χ3n) is 0. The van der Waals surface area contributed by atoms with E-state index in [2.05, 4.69) is 0 Å². The van der Waals surface area contributed by atoms with Crippen LogP contribution < -0.4 is 0 Å². The molecule has 4 N–H and O–H groups in total. The molecule has 0 fully saturated rings. The Hall–Kier alpha value is -0.863. The van der Waals surface area contributed by atoms with Crippen molar-refractivity contribution in [1.82, 2.24) is 0 Å². The first-order valence-electron chi connectivity index (χ1n) is 1.30. The molecular weight excluding hydrogens is 127 g/mol. The van der Waals surface area contributed by atoms with Crippen molar-refractivity contribution in [3.05, 3.63) is 0 Å². The van der Waals surface area contributed by atoms with Crippen LogP contribution in [0.2, 0.25) is 0 Å². The van der Waals surface area contributed by atoms with Crippen molar-refractivity contribution in [3.63, 3.8) is 0 Å². The van der Waals surface area contributed by atoms with Crippen LogP contribution in [0.25, 0.3) is 0 Å². The molecule has 0 aromatic carbocycles. The Balaban J connectivity index is -0.0000000720. The summed E-state index contributed by atoms with van der Waals surface area (Å²) in [6.07, 6.45) is -3.67. The Bertz CT molecular complexity index is 69.1. The molecule has 0 aliphatic heterocycles. The summed E-state index contributed by atoms with van der Waals surface area (Å²) in [6, 6.07) is 0. The zero-order chi connectivity index (χ0) is 7.15. The van der Waals surface area contributed by atoms with Gasteiger partial charge in [0.05, 0.1) is 0 Å². The molecule has 0 saturated carbocycles. The minimum atomic E-state index is -1.83. The van der Waals surface area contributed by atoms with E-state index in [1.165, 1.54) is 0 Å². The fraction of sp³-hybridized carbons (Fsp3) is 0. The van der Waals surface area contributed by atoms with Crippen molar-refractivity contribution in [2.45, 2.75) is 0 Å². The van der Waals surface area contributed by atoms with Crippen LogP contribution >= 0.6 is 0 Å². The molecule has 7 heteroatoms. The summed E-state index contributed by atoms with van der Waals surface area (Å²) < 4.78 is 0. The zero-order valence-corrected chi connectivity index (χ0v) is 3.61. The zero-order valence-electron chi connectivity index (χ0n) is 3.61. The summed E-state index contributed by atoms with van der Waals surface area (Å²) in [5, 5.41) is 27.9. The molecule has 0 heterocycles. The molecule has 0 aliphatic rings. The number of hydrogen-bond acceptors (Lipinski definition) is 2. The van der Waals surface area contributed by atoms with Crippen LogP contribution in [0.1, 0.15) is 0 Å². The van der Waals surface area contributed by atoms with E-state index in [-0.39, 0.29) is 18.9 Å². The van der Waals surface area contributed by atoms with E-state index in [0.717, 1.165) is 0 Å². The normalized spacial score (nSPS) is 5.33. The molecule has 0 aromatic heterocycles. The summed E-state index contributed by atoms with van der Waals surface area (Å²) in [5.74, 6) is 0. The third-order valence-corrected chi connectivity index (χ3v) is 0. The van der Waals surface area contributed by atoms with Gasteiger partial charge in [0.2, 0.25) is 0 Å². The second-order valence-electron chi connectivity index (χ2n) is 0.565. The molecule has 0 aromatic rings. The molecule has 0 rings (SSSR count). The topological polar surface area (TPSA) is 115 Å². The second-order valence-corrected chi connectivity index (χ2v) is 0.565. The number of hydrogen-bond donors (Lipinski definition) is 4. The maximum absolute atomic E-state index is 8.56. The molecule has 0 amide bonds. The second kappa shape index (κ2) is 10.2. The first kappa shape index (κ1) is 15.7. The minimum absolute atomic E-state index is 0. The van der Waals surface area contributed by atoms with E-state index >= 15 is 0 Å². The fourth-order valence-corrected chi connectivity index (χ4v) is 0. The van der Waals surface area contributed by atoms with Gasteiger partial charge in [0.15, 0.2) is 0 Å². The molecular formula is C2H5LiO6. The van der Waals surface area contributed by atoms with Crippen LogP contribution in [0.3, 0.4) is 0 Å². The van der Waals surface area contributed by atoms with Crippen LogP contribution in [0.15, 0.2) is 0 Å². The summed E-state index contributed by atoms with van der Waals surface area (Å²) in [4.78, 5) is 17.1.